The summed E-state index contributed by atoms with van der Waals surface area (Å²) >= 11 is 0. The number of halogens is 1. The van der Waals surface area contributed by atoms with Gasteiger partial charge in [0, 0.05) is 51.7 Å². The van der Waals surface area contributed by atoms with Crippen molar-refractivity contribution in [2.75, 3.05) is 39.9 Å². The van der Waals surface area contributed by atoms with Gasteiger partial charge in [-0.2, -0.15) is 0 Å². The number of rotatable bonds is 3. The summed E-state index contributed by atoms with van der Waals surface area (Å²) in [6.45, 7) is 6.62. The van der Waals surface area contributed by atoms with Gasteiger partial charge in [0.25, 0.3) is 5.91 Å². The van der Waals surface area contributed by atoms with Crippen molar-refractivity contribution in [2.24, 2.45) is 11.3 Å². The Morgan fingerprint density at radius 1 is 1.27 bits per heavy atom. The maximum absolute atomic E-state index is 13.8. The zero-order valence-electron chi connectivity index (χ0n) is 15.8. The van der Waals surface area contributed by atoms with Crippen molar-refractivity contribution in [3.8, 4) is 0 Å². The van der Waals surface area contributed by atoms with Crippen LogP contribution in [-0.2, 0) is 9.53 Å². The monoisotopic (exact) mass is 362 g/mol. The average Bonchev–Trinajstić information content (AvgIpc) is 2.96. The van der Waals surface area contributed by atoms with E-state index >= 15 is 0 Å². The number of carbonyl (C=O) groups is 2. The first-order chi connectivity index (χ1) is 12.4. The topological polar surface area (TPSA) is 49.9 Å². The molecule has 0 aliphatic carbocycles. The van der Waals surface area contributed by atoms with Crippen LogP contribution in [0.2, 0.25) is 0 Å². The summed E-state index contributed by atoms with van der Waals surface area (Å²) in [6.07, 6.45) is 1.68. The van der Waals surface area contributed by atoms with Crippen molar-refractivity contribution >= 4 is 11.8 Å². The number of nitrogens with zero attached hydrogens (tertiary/aromatic N) is 2. The fourth-order valence-electron chi connectivity index (χ4n) is 4.33. The van der Waals surface area contributed by atoms with Crippen molar-refractivity contribution in [3.63, 3.8) is 0 Å². The zero-order valence-corrected chi connectivity index (χ0v) is 15.8. The highest BCUT2D eigenvalue weighted by atomic mass is 19.1. The van der Waals surface area contributed by atoms with Gasteiger partial charge in [-0.1, -0.05) is 6.07 Å². The van der Waals surface area contributed by atoms with E-state index in [4.69, 9.17) is 4.74 Å². The van der Waals surface area contributed by atoms with Crippen LogP contribution < -0.4 is 0 Å². The second-order valence-electron chi connectivity index (χ2n) is 7.67. The lowest BCUT2D eigenvalue weighted by Gasteiger charge is -2.42. The molecule has 3 rings (SSSR count). The normalized spacial score (nSPS) is 22.1. The van der Waals surface area contributed by atoms with Gasteiger partial charge < -0.3 is 14.5 Å². The van der Waals surface area contributed by atoms with Gasteiger partial charge in [-0.15, -0.1) is 0 Å². The van der Waals surface area contributed by atoms with E-state index in [1.54, 1.807) is 38.0 Å². The molecule has 1 aromatic carbocycles. The van der Waals surface area contributed by atoms with Gasteiger partial charge in [0.15, 0.2) is 0 Å². The molecule has 142 valence electrons. The lowest BCUT2D eigenvalue weighted by molar-refractivity contribution is -0.128. The predicted molar refractivity (Wildman–Crippen MR) is 96.3 cm³/mol. The fourth-order valence-corrected chi connectivity index (χ4v) is 4.33. The number of hydrogen-bond acceptors (Lipinski definition) is 3. The van der Waals surface area contributed by atoms with E-state index < -0.39 is 0 Å². The minimum Gasteiger partial charge on any atom is -0.384 e. The molecule has 2 fully saturated rings. The highest BCUT2D eigenvalue weighted by Gasteiger charge is 2.49. The molecular formula is C20H27FN2O3. The quantitative estimate of drug-likeness (QED) is 0.830. The maximum atomic E-state index is 13.8. The fraction of sp³-hybridized carbons (Fsp3) is 0.600. The van der Waals surface area contributed by atoms with E-state index in [0.29, 0.717) is 36.7 Å². The number of hydrogen-bond donors (Lipinski definition) is 0. The first kappa shape index (κ1) is 18.8. The second-order valence-corrected chi connectivity index (χ2v) is 7.67. The molecule has 0 bridgehead atoms. The molecular weight excluding hydrogens is 335 g/mol. The number of likely N-dealkylation sites (tertiary alicyclic amines) is 2. The molecule has 2 aliphatic rings. The summed E-state index contributed by atoms with van der Waals surface area (Å²) < 4.78 is 19.2. The Kier molecular flexibility index (Phi) is 5.32. The number of benzene rings is 1. The van der Waals surface area contributed by atoms with E-state index in [2.05, 4.69) is 0 Å². The molecule has 2 heterocycles. The molecule has 1 spiro atoms. The third-order valence-electron chi connectivity index (χ3n) is 6.09. The Bertz CT molecular complexity index is 698. The number of piperidine rings is 1. The first-order valence-electron chi connectivity index (χ1n) is 9.16. The van der Waals surface area contributed by atoms with Gasteiger partial charge in [0.2, 0.25) is 5.91 Å². The van der Waals surface area contributed by atoms with E-state index in [0.717, 1.165) is 25.9 Å². The van der Waals surface area contributed by atoms with Crippen molar-refractivity contribution < 1.29 is 18.7 Å². The first-order valence-corrected chi connectivity index (χ1v) is 9.16. The summed E-state index contributed by atoms with van der Waals surface area (Å²) in [7, 11) is 1.69. The van der Waals surface area contributed by atoms with Crippen molar-refractivity contribution in [3.05, 3.63) is 35.1 Å². The highest BCUT2D eigenvalue weighted by Crippen LogP contribution is 2.45. The number of methoxy groups -OCH3 is 1. The molecule has 0 N–H and O–H groups in total. The third-order valence-corrected chi connectivity index (χ3v) is 6.09. The maximum Gasteiger partial charge on any atom is 0.253 e. The summed E-state index contributed by atoms with van der Waals surface area (Å²) in [5.41, 5.74) is 0.947. The van der Waals surface area contributed by atoms with Crippen LogP contribution in [0.3, 0.4) is 0 Å². The van der Waals surface area contributed by atoms with Gasteiger partial charge in [0.05, 0.1) is 6.61 Å². The Labute approximate surface area is 154 Å². The Morgan fingerprint density at radius 2 is 1.96 bits per heavy atom. The molecule has 1 atom stereocenters. The Balaban J connectivity index is 1.70. The van der Waals surface area contributed by atoms with Gasteiger partial charge in [-0.05, 0) is 42.9 Å². The summed E-state index contributed by atoms with van der Waals surface area (Å²) in [5, 5.41) is 0. The van der Waals surface area contributed by atoms with Gasteiger partial charge in [-0.25, -0.2) is 4.39 Å². The molecule has 0 saturated carbocycles. The van der Waals surface area contributed by atoms with E-state index in [9.17, 15) is 14.0 Å². The second kappa shape index (κ2) is 7.35. The largest absolute Gasteiger partial charge is 0.384 e. The van der Waals surface area contributed by atoms with Crippen LogP contribution in [0.5, 0.6) is 0 Å². The standard InChI is InChI=1S/C20H27FN2O3/c1-14-4-5-16(10-18(14)21)19(25)22-8-6-20(7-9-22)13-23(15(2)24)11-17(20)12-26-3/h4-5,10,17H,6-9,11-13H2,1-3H3. The minimum atomic E-state index is -0.350. The van der Waals surface area contributed by atoms with Crippen molar-refractivity contribution in [2.45, 2.75) is 26.7 Å². The number of aryl methyl sites for hydroxylation is 1. The van der Waals surface area contributed by atoms with Crippen molar-refractivity contribution in [1.82, 2.24) is 9.80 Å². The van der Waals surface area contributed by atoms with Crippen LogP contribution in [0.25, 0.3) is 0 Å². The van der Waals surface area contributed by atoms with Crippen LogP contribution in [0.4, 0.5) is 4.39 Å². The van der Waals surface area contributed by atoms with Crippen LogP contribution in [0.15, 0.2) is 18.2 Å². The molecule has 6 heteroatoms. The number of amides is 2. The Morgan fingerprint density at radius 3 is 2.54 bits per heavy atom. The molecule has 2 amide bonds. The third kappa shape index (κ3) is 3.47. The van der Waals surface area contributed by atoms with Gasteiger partial charge in [-0.3, -0.25) is 9.59 Å². The molecule has 0 aromatic heterocycles. The number of carbonyl (C=O) groups excluding carboxylic acids is 2. The molecule has 2 aliphatic heterocycles. The molecule has 1 unspecified atom stereocenters. The van der Waals surface area contributed by atoms with E-state index in [-0.39, 0.29) is 23.0 Å². The summed E-state index contributed by atoms with van der Waals surface area (Å²) in [6, 6.07) is 4.65. The van der Waals surface area contributed by atoms with Crippen LogP contribution in [0, 0.1) is 24.1 Å². The molecule has 26 heavy (non-hydrogen) atoms. The predicted octanol–water partition coefficient (Wildman–Crippen LogP) is 2.48. The Hall–Kier alpha value is -1.95. The molecule has 1 aromatic rings. The van der Waals surface area contributed by atoms with E-state index in [1.807, 2.05) is 4.90 Å². The van der Waals surface area contributed by atoms with Crippen LogP contribution in [0.1, 0.15) is 35.7 Å². The smallest absolute Gasteiger partial charge is 0.253 e. The van der Waals surface area contributed by atoms with Gasteiger partial charge in [0.1, 0.15) is 5.82 Å². The zero-order chi connectivity index (χ0) is 18.9. The summed E-state index contributed by atoms with van der Waals surface area (Å²) in [5.74, 6) is -0.0806. The summed E-state index contributed by atoms with van der Waals surface area (Å²) in [4.78, 5) is 28.2. The molecule has 2 saturated heterocycles. The average molecular weight is 362 g/mol. The van der Waals surface area contributed by atoms with Crippen molar-refractivity contribution in [1.29, 1.82) is 0 Å². The van der Waals surface area contributed by atoms with Gasteiger partial charge >= 0.3 is 0 Å². The van der Waals surface area contributed by atoms with Crippen LogP contribution in [-0.4, -0.2) is 61.5 Å². The van der Waals surface area contributed by atoms with Crippen LogP contribution >= 0.6 is 0 Å². The van der Waals surface area contributed by atoms with E-state index in [1.165, 1.54) is 6.07 Å². The molecule has 0 radical (unpaired) electrons. The SMILES string of the molecule is COCC1CN(C(C)=O)CC12CCN(C(=O)c1ccc(C)c(F)c1)CC2. The lowest BCUT2D eigenvalue weighted by Crippen LogP contribution is -2.47. The molecule has 5 nitrogen and oxygen atoms in total. The number of ether oxygens (including phenoxy) is 1. The lowest BCUT2D eigenvalue weighted by atomic mass is 9.71. The highest BCUT2D eigenvalue weighted by molar-refractivity contribution is 5.94. The minimum absolute atomic E-state index is 0.0109.